The summed E-state index contributed by atoms with van der Waals surface area (Å²) in [5.41, 5.74) is 0.949. The van der Waals surface area contributed by atoms with E-state index < -0.39 is 0 Å². The van der Waals surface area contributed by atoms with E-state index in [2.05, 4.69) is 5.32 Å². The topological polar surface area (TPSA) is 30.5 Å². The minimum Gasteiger partial charge on any atom is -0.487 e. The van der Waals surface area contributed by atoms with E-state index in [0.29, 0.717) is 12.7 Å². The van der Waals surface area contributed by atoms with Gasteiger partial charge in [-0.25, -0.2) is 4.39 Å². The molecule has 0 aliphatic carbocycles. The van der Waals surface area contributed by atoms with Crippen molar-refractivity contribution in [1.29, 1.82) is 0 Å². The molecule has 1 saturated heterocycles. The first kappa shape index (κ1) is 11.9. The molecule has 1 N–H and O–H groups in total. The van der Waals surface area contributed by atoms with Crippen molar-refractivity contribution in [2.24, 2.45) is 0 Å². The maximum Gasteiger partial charge on any atom is 0.126 e. The van der Waals surface area contributed by atoms with Gasteiger partial charge in [0.2, 0.25) is 0 Å². The van der Waals surface area contributed by atoms with Gasteiger partial charge in [0.25, 0.3) is 0 Å². The number of hydrogen-bond donors (Lipinski definition) is 1. The maximum absolute atomic E-state index is 13.1. The van der Waals surface area contributed by atoms with E-state index in [1.165, 1.54) is 12.5 Å². The fourth-order valence-electron chi connectivity index (χ4n) is 2.59. The lowest BCUT2D eigenvalue weighted by molar-refractivity contribution is -0.00365. The van der Waals surface area contributed by atoms with Crippen LogP contribution in [0.3, 0.4) is 0 Å². The molecule has 4 heteroatoms. The summed E-state index contributed by atoms with van der Waals surface area (Å²) in [6.07, 6.45) is 3.35. The van der Waals surface area contributed by atoms with Gasteiger partial charge in [-0.3, -0.25) is 0 Å². The van der Waals surface area contributed by atoms with E-state index in [1.54, 1.807) is 12.1 Å². The summed E-state index contributed by atoms with van der Waals surface area (Å²) in [7, 11) is 0. The zero-order valence-electron chi connectivity index (χ0n) is 10.3. The van der Waals surface area contributed by atoms with E-state index in [0.717, 1.165) is 37.2 Å². The van der Waals surface area contributed by atoms with E-state index in [4.69, 9.17) is 9.47 Å². The Morgan fingerprint density at radius 3 is 3.22 bits per heavy atom. The van der Waals surface area contributed by atoms with Crippen molar-refractivity contribution in [3.63, 3.8) is 0 Å². The van der Waals surface area contributed by atoms with Crippen LogP contribution >= 0.6 is 0 Å². The molecule has 3 nitrogen and oxygen atoms in total. The minimum absolute atomic E-state index is 0.0312. The van der Waals surface area contributed by atoms with Crippen molar-refractivity contribution in [1.82, 2.24) is 5.32 Å². The van der Waals surface area contributed by atoms with Crippen LogP contribution in [0.1, 0.15) is 18.4 Å². The summed E-state index contributed by atoms with van der Waals surface area (Å²) in [5, 5.41) is 3.32. The fraction of sp³-hybridized carbons (Fsp3) is 0.571. The molecule has 2 atom stereocenters. The molecule has 0 aromatic heterocycles. The number of benzene rings is 1. The van der Waals surface area contributed by atoms with Crippen molar-refractivity contribution in [3.05, 3.63) is 29.6 Å². The predicted molar refractivity (Wildman–Crippen MR) is 66.4 cm³/mol. The number of rotatable bonds is 3. The van der Waals surface area contributed by atoms with Crippen LogP contribution in [-0.4, -0.2) is 31.9 Å². The third-order valence-electron chi connectivity index (χ3n) is 3.53. The molecule has 3 rings (SSSR count). The summed E-state index contributed by atoms with van der Waals surface area (Å²) in [6.45, 7) is 2.60. The van der Waals surface area contributed by atoms with Gasteiger partial charge in [-0.2, -0.15) is 0 Å². The quantitative estimate of drug-likeness (QED) is 0.890. The molecule has 98 valence electrons. The Morgan fingerprint density at radius 2 is 2.39 bits per heavy atom. The third kappa shape index (κ3) is 2.65. The molecule has 0 radical (unpaired) electrons. The largest absolute Gasteiger partial charge is 0.487 e. The second kappa shape index (κ2) is 5.24. The summed E-state index contributed by atoms with van der Waals surface area (Å²) in [5.74, 6) is 0.599. The van der Waals surface area contributed by atoms with Crippen molar-refractivity contribution in [2.75, 3.05) is 19.7 Å². The lowest BCUT2D eigenvalue weighted by Crippen LogP contribution is -2.37. The molecule has 2 heterocycles. The Bertz CT molecular complexity index is 418. The molecular formula is C14H18FNO2. The van der Waals surface area contributed by atoms with E-state index in [-0.39, 0.29) is 11.9 Å². The molecule has 1 aromatic rings. The number of nitrogens with one attached hydrogen (secondary N) is 1. The standard InChI is InChI=1S/C14H18FNO2/c15-11-3-4-14-10(6-11)7-13(18-14)9-17-12-2-1-5-16-8-12/h3-4,6,12-13,16H,1-2,5,7-9H2. The molecular weight excluding hydrogens is 233 g/mol. The highest BCUT2D eigenvalue weighted by Gasteiger charge is 2.25. The highest BCUT2D eigenvalue weighted by atomic mass is 19.1. The smallest absolute Gasteiger partial charge is 0.126 e. The molecule has 18 heavy (non-hydrogen) atoms. The van der Waals surface area contributed by atoms with Gasteiger partial charge >= 0.3 is 0 Å². The lowest BCUT2D eigenvalue weighted by Gasteiger charge is -2.24. The average Bonchev–Trinajstić information content (AvgIpc) is 2.79. The normalized spacial score (nSPS) is 26.7. The van der Waals surface area contributed by atoms with Gasteiger partial charge in [0.05, 0.1) is 12.7 Å². The minimum atomic E-state index is -0.199. The lowest BCUT2D eigenvalue weighted by atomic mass is 10.1. The Morgan fingerprint density at radius 1 is 1.44 bits per heavy atom. The van der Waals surface area contributed by atoms with E-state index in [1.807, 2.05) is 0 Å². The number of halogens is 1. The highest BCUT2D eigenvalue weighted by molar-refractivity contribution is 5.37. The monoisotopic (exact) mass is 251 g/mol. The molecule has 2 aliphatic heterocycles. The van der Waals surface area contributed by atoms with Crippen LogP contribution in [0.4, 0.5) is 4.39 Å². The van der Waals surface area contributed by atoms with Crippen molar-refractivity contribution in [3.8, 4) is 5.75 Å². The summed E-state index contributed by atoms with van der Waals surface area (Å²) >= 11 is 0. The van der Waals surface area contributed by atoms with Crippen LogP contribution in [-0.2, 0) is 11.2 Å². The fourth-order valence-corrected chi connectivity index (χ4v) is 2.59. The molecule has 1 aromatic carbocycles. The van der Waals surface area contributed by atoms with Crippen molar-refractivity contribution < 1.29 is 13.9 Å². The molecule has 1 fully saturated rings. The zero-order valence-corrected chi connectivity index (χ0v) is 10.3. The predicted octanol–water partition coefficient (Wildman–Crippen LogP) is 1.90. The second-order valence-corrected chi connectivity index (χ2v) is 5.00. The molecule has 0 spiro atoms. The van der Waals surface area contributed by atoms with Gasteiger partial charge in [-0.05, 0) is 37.6 Å². The van der Waals surface area contributed by atoms with Gasteiger partial charge in [0.1, 0.15) is 17.7 Å². The number of ether oxygens (including phenoxy) is 2. The van der Waals surface area contributed by atoms with Crippen LogP contribution in [0.25, 0.3) is 0 Å². The first-order valence-corrected chi connectivity index (χ1v) is 6.58. The summed E-state index contributed by atoms with van der Waals surface area (Å²) < 4.78 is 24.7. The van der Waals surface area contributed by atoms with E-state index >= 15 is 0 Å². The third-order valence-corrected chi connectivity index (χ3v) is 3.53. The van der Waals surface area contributed by atoms with Gasteiger partial charge in [0.15, 0.2) is 0 Å². The average molecular weight is 251 g/mol. The van der Waals surface area contributed by atoms with Crippen molar-refractivity contribution >= 4 is 0 Å². The molecule has 0 bridgehead atoms. The van der Waals surface area contributed by atoms with E-state index in [9.17, 15) is 4.39 Å². The van der Waals surface area contributed by atoms with Crippen LogP contribution in [0.5, 0.6) is 5.75 Å². The zero-order chi connectivity index (χ0) is 12.4. The van der Waals surface area contributed by atoms with Gasteiger partial charge < -0.3 is 14.8 Å². The highest BCUT2D eigenvalue weighted by Crippen LogP contribution is 2.29. The summed E-state index contributed by atoms with van der Waals surface area (Å²) in [6, 6.07) is 4.69. The summed E-state index contributed by atoms with van der Waals surface area (Å²) in [4.78, 5) is 0. The first-order chi connectivity index (χ1) is 8.81. The maximum atomic E-state index is 13.1. The Labute approximate surface area is 106 Å². The second-order valence-electron chi connectivity index (χ2n) is 5.00. The SMILES string of the molecule is Fc1ccc2c(c1)CC(COC1CCCNC1)O2. The molecule has 2 unspecified atom stereocenters. The van der Waals surface area contributed by atoms with Crippen LogP contribution in [0.2, 0.25) is 0 Å². The number of fused-ring (bicyclic) bond motifs is 1. The Kier molecular flexibility index (Phi) is 3.48. The van der Waals surface area contributed by atoms with Crippen LogP contribution < -0.4 is 10.1 Å². The number of piperidine rings is 1. The Hall–Kier alpha value is -1.13. The van der Waals surface area contributed by atoms with Gasteiger partial charge in [0, 0.05) is 18.5 Å². The first-order valence-electron chi connectivity index (χ1n) is 6.58. The van der Waals surface area contributed by atoms with Gasteiger partial charge in [-0.15, -0.1) is 0 Å². The van der Waals surface area contributed by atoms with Crippen LogP contribution in [0, 0.1) is 5.82 Å². The van der Waals surface area contributed by atoms with Gasteiger partial charge in [-0.1, -0.05) is 0 Å². The van der Waals surface area contributed by atoms with Crippen LogP contribution in [0.15, 0.2) is 18.2 Å². The molecule has 2 aliphatic rings. The van der Waals surface area contributed by atoms with Crippen molar-refractivity contribution in [2.45, 2.75) is 31.5 Å². The number of hydrogen-bond acceptors (Lipinski definition) is 3. The Balaban J connectivity index is 1.51. The molecule has 0 amide bonds. The molecule has 0 saturated carbocycles.